The quantitative estimate of drug-likeness (QED) is 0.423. The second-order valence-electron chi connectivity index (χ2n) is 9.11. The molecule has 0 saturated carbocycles. The fourth-order valence-electron chi connectivity index (χ4n) is 4.73. The van der Waals surface area contributed by atoms with E-state index in [1.807, 2.05) is 32.1 Å². The highest BCUT2D eigenvalue weighted by molar-refractivity contribution is 7.50. The number of carbonyl (C=O) groups is 1. The molecular weight excluding hydrogens is 444 g/mol. The van der Waals surface area contributed by atoms with Gasteiger partial charge in [0.2, 0.25) is 0 Å². The zero-order valence-electron chi connectivity index (χ0n) is 20.4. The molecule has 0 aliphatic carbocycles. The van der Waals surface area contributed by atoms with Crippen molar-refractivity contribution in [3.05, 3.63) is 88.6 Å². The first-order valence-electron chi connectivity index (χ1n) is 12.2. The van der Waals surface area contributed by atoms with Crippen molar-refractivity contribution in [1.82, 2.24) is 15.1 Å². The number of allylic oxidation sites excluding steroid dienone is 6. The van der Waals surface area contributed by atoms with Crippen LogP contribution >= 0.6 is 8.58 Å². The third-order valence-corrected chi connectivity index (χ3v) is 8.03. The Morgan fingerprint density at radius 1 is 1.26 bits per heavy atom. The van der Waals surface area contributed by atoms with Crippen LogP contribution in [0.3, 0.4) is 0 Å². The number of halogens is 1. The zero-order valence-corrected chi connectivity index (χ0v) is 21.4. The fourth-order valence-corrected chi connectivity index (χ4v) is 5.95. The third-order valence-electron chi connectivity index (χ3n) is 6.68. The molecule has 0 aromatic heterocycles. The number of hydrogen-bond acceptors (Lipinski definition) is 3. The lowest BCUT2D eigenvalue weighted by Crippen LogP contribution is -2.40. The number of benzene rings is 1. The molecule has 3 heterocycles. The van der Waals surface area contributed by atoms with Crippen LogP contribution < -0.4 is 5.32 Å². The summed E-state index contributed by atoms with van der Waals surface area (Å²) in [4.78, 5) is 17.5. The van der Waals surface area contributed by atoms with Gasteiger partial charge in [-0.3, -0.25) is 4.79 Å². The van der Waals surface area contributed by atoms with Gasteiger partial charge in [0, 0.05) is 25.3 Å². The Morgan fingerprint density at radius 2 is 2.06 bits per heavy atom. The Bertz CT molecular complexity index is 1080. The predicted octanol–water partition coefficient (Wildman–Crippen LogP) is 5.35. The molecule has 180 valence electrons. The van der Waals surface area contributed by atoms with Gasteiger partial charge in [-0.1, -0.05) is 45.0 Å². The second kappa shape index (κ2) is 11.3. The minimum atomic E-state index is -0.175. The van der Waals surface area contributed by atoms with Crippen LogP contribution in [0.1, 0.15) is 37.8 Å². The first-order valence-corrected chi connectivity index (χ1v) is 13.5. The van der Waals surface area contributed by atoms with E-state index in [0.29, 0.717) is 26.4 Å². The van der Waals surface area contributed by atoms with Crippen molar-refractivity contribution in [3.8, 4) is 0 Å². The topological polar surface area (TPSA) is 35.6 Å². The van der Waals surface area contributed by atoms with Crippen LogP contribution in [0, 0.1) is 12.7 Å². The maximum absolute atomic E-state index is 13.9. The van der Waals surface area contributed by atoms with E-state index in [9.17, 15) is 9.18 Å². The van der Waals surface area contributed by atoms with Gasteiger partial charge in [-0.05, 0) is 92.6 Å². The van der Waals surface area contributed by atoms with Crippen molar-refractivity contribution >= 4 is 19.8 Å². The molecule has 1 aromatic rings. The molecule has 1 fully saturated rings. The molecule has 34 heavy (non-hydrogen) atoms. The van der Waals surface area contributed by atoms with E-state index in [2.05, 4.69) is 52.5 Å². The average molecular weight is 480 g/mol. The van der Waals surface area contributed by atoms with E-state index in [1.165, 1.54) is 18.2 Å². The summed E-state index contributed by atoms with van der Waals surface area (Å²) >= 11 is 0. The van der Waals surface area contributed by atoms with Crippen molar-refractivity contribution in [2.45, 2.75) is 39.7 Å². The molecule has 0 spiro atoms. The van der Waals surface area contributed by atoms with E-state index in [4.69, 9.17) is 0 Å². The summed E-state index contributed by atoms with van der Waals surface area (Å²) in [7, 11) is 0.625. The zero-order chi connectivity index (χ0) is 24.1. The van der Waals surface area contributed by atoms with Crippen molar-refractivity contribution < 1.29 is 9.18 Å². The summed E-state index contributed by atoms with van der Waals surface area (Å²) < 4.78 is 13.9. The van der Waals surface area contributed by atoms with Crippen molar-refractivity contribution in [2.24, 2.45) is 0 Å². The number of hydrogen-bond donors (Lipinski definition) is 1. The standard InChI is InChI=1S/C28H35FN3OP/c1-4-26(28(33)30-13-16-31-14-5-6-15-31)32-19-23(10-9-21(32)3)24-8-7-17-34-27(24)22-11-12-25(29)20(2)18-22/h4,7-12,18-19,21,34H,5-6,13-17H2,1-3H3,(H,30,33)/b26-4-. The second-order valence-corrected chi connectivity index (χ2v) is 10.4. The lowest BCUT2D eigenvalue weighted by Gasteiger charge is -2.32. The first-order chi connectivity index (χ1) is 16.5. The Kier molecular flexibility index (Phi) is 8.18. The van der Waals surface area contributed by atoms with Crippen LogP contribution in [0.4, 0.5) is 4.39 Å². The molecule has 1 amide bonds. The largest absolute Gasteiger partial charge is 0.349 e. The van der Waals surface area contributed by atoms with E-state index in [0.717, 1.165) is 42.5 Å². The van der Waals surface area contributed by atoms with Gasteiger partial charge in [0.15, 0.2) is 0 Å². The summed E-state index contributed by atoms with van der Waals surface area (Å²) in [6.45, 7) is 9.65. The van der Waals surface area contributed by atoms with Crippen LogP contribution in [0.2, 0.25) is 0 Å². The van der Waals surface area contributed by atoms with Gasteiger partial charge >= 0.3 is 0 Å². The minimum Gasteiger partial charge on any atom is -0.349 e. The number of rotatable bonds is 7. The van der Waals surface area contributed by atoms with Gasteiger partial charge in [0.1, 0.15) is 11.5 Å². The molecule has 2 atom stereocenters. The highest BCUT2D eigenvalue weighted by Crippen LogP contribution is 2.43. The van der Waals surface area contributed by atoms with Crippen LogP contribution in [-0.2, 0) is 4.79 Å². The van der Waals surface area contributed by atoms with Gasteiger partial charge in [-0.2, -0.15) is 0 Å². The van der Waals surface area contributed by atoms with Crippen LogP contribution in [0.15, 0.2) is 71.6 Å². The molecule has 4 nitrogen and oxygen atoms in total. The van der Waals surface area contributed by atoms with Gasteiger partial charge in [0.05, 0.1) is 0 Å². The summed E-state index contributed by atoms with van der Waals surface area (Å²) in [5, 5.41) is 4.36. The van der Waals surface area contributed by atoms with Crippen molar-refractivity contribution in [1.29, 1.82) is 0 Å². The minimum absolute atomic E-state index is 0.0381. The molecule has 1 aromatic carbocycles. The summed E-state index contributed by atoms with van der Waals surface area (Å²) in [6.07, 6.45) is 16.1. The first kappa shape index (κ1) is 24.6. The van der Waals surface area contributed by atoms with Crippen LogP contribution in [0.25, 0.3) is 5.31 Å². The van der Waals surface area contributed by atoms with Gasteiger partial charge < -0.3 is 15.1 Å². The van der Waals surface area contributed by atoms with E-state index in [1.54, 1.807) is 6.07 Å². The number of aryl methyl sites for hydroxylation is 1. The van der Waals surface area contributed by atoms with Gasteiger partial charge in [-0.25, -0.2) is 4.39 Å². The Hall–Kier alpha value is -2.49. The molecule has 3 aliphatic rings. The monoisotopic (exact) mass is 479 g/mol. The Labute approximate surface area is 204 Å². The Morgan fingerprint density at radius 3 is 2.79 bits per heavy atom. The number of likely N-dealkylation sites (tertiary alicyclic amines) is 1. The third kappa shape index (κ3) is 5.59. The number of carbonyl (C=O) groups excluding carboxylic acids is 1. The van der Waals surface area contributed by atoms with E-state index in [-0.39, 0.29) is 17.8 Å². The molecule has 1 saturated heterocycles. The molecular formula is C28H35FN3OP. The highest BCUT2D eigenvalue weighted by atomic mass is 31.1. The predicted molar refractivity (Wildman–Crippen MR) is 141 cm³/mol. The van der Waals surface area contributed by atoms with Crippen molar-refractivity contribution in [2.75, 3.05) is 32.3 Å². The van der Waals surface area contributed by atoms with Gasteiger partial charge in [0.25, 0.3) is 5.91 Å². The lowest BCUT2D eigenvalue weighted by molar-refractivity contribution is -0.118. The molecule has 1 N–H and O–H groups in total. The number of nitrogens with zero attached hydrogens (tertiary/aromatic N) is 2. The fraction of sp³-hybridized carbons (Fsp3) is 0.393. The molecule has 0 radical (unpaired) electrons. The number of amides is 1. The van der Waals surface area contributed by atoms with Crippen LogP contribution in [0.5, 0.6) is 0 Å². The summed E-state index contributed by atoms with van der Waals surface area (Å²) in [5.74, 6) is -0.213. The summed E-state index contributed by atoms with van der Waals surface area (Å²) in [5.41, 5.74) is 4.62. The van der Waals surface area contributed by atoms with Crippen molar-refractivity contribution in [3.63, 3.8) is 0 Å². The highest BCUT2D eigenvalue weighted by Gasteiger charge is 2.24. The Balaban J connectivity index is 1.56. The maximum Gasteiger partial charge on any atom is 0.267 e. The molecule has 4 rings (SSSR count). The van der Waals surface area contributed by atoms with E-state index >= 15 is 0 Å². The van der Waals surface area contributed by atoms with Crippen LogP contribution in [-0.4, -0.2) is 54.1 Å². The smallest absolute Gasteiger partial charge is 0.267 e. The molecule has 0 bridgehead atoms. The van der Waals surface area contributed by atoms with E-state index < -0.39 is 0 Å². The molecule has 6 heteroatoms. The van der Waals surface area contributed by atoms with Gasteiger partial charge in [-0.15, -0.1) is 0 Å². The SMILES string of the molecule is C/C=C(/C(=O)NCCN1CCCC1)N1C=C(C2=C(c3ccc(F)c(C)c3)PCC=C2)C=CC1C. The number of nitrogens with one attached hydrogen (secondary N) is 1. The molecule has 3 aliphatic heterocycles. The maximum atomic E-state index is 13.9. The average Bonchev–Trinajstić information content (AvgIpc) is 3.36. The normalized spacial score (nSPS) is 22.0. The lowest BCUT2D eigenvalue weighted by atomic mass is 9.97. The molecule has 2 unspecified atom stereocenters. The summed E-state index contributed by atoms with van der Waals surface area (Å²) in [6, 6.07) is 5.45.